The second kappa shape index (κ2) is 5.90. The first-order valence-corrected chi connectivity index (χ1v) is 7.31. The van der Waals surface area contributed by atoms with Crippen molar-refractivity contribution < 1.29 is 23.1 Å². The van der Waals surface area contributed by atoms with Crippen LogP contribution in [0.1, 0.15) is 39.8 Å². The van der Waals surface area contributed by atoms with E-state index >= 15 is 0 Å². The van der Waals surface area contributed by atoms with Crippen molar-refractivity contribution in [3.8, 4) is 0 Å². The third kappa shape index (κ3) is 2.86. The van der Waals surface area contributed by atoms with Gasteiger partial charge in [-0.3, -0.25) is 4.79 Å². The summed E-state index contributed by atoms with van der Waals surface area (Å²) in [5, 5.41) is 19.7. The predicted octanol–water partition coefficient (Wildman–Crippen LogP) is 2.08. The van der Waals surface area contributed by atoms with Gasteiger partial charge in [0.1, 0.15) is 0 Å². The molecular formula is C15H15F3N4O2. The fraction of sp³-hybridized carbons (Fsp3) is 0.400. The van der Waals surface area contributed by atoms with Gasteiger partial charge in [-0.1, -0.05) is 18.2 Å². The lowest BCUT2D eigenvalue weighted by Gasteiger charge is -2.26. The van der Waals surface area contributed by atoms with Gasteiger partial charge in [0.15, 0.2) is 5.69 Å². The van der Waals surface area contributed by atoms with Crippen molar-refractivity contribution in [1.82, 2.24) is 20.3 Å². The zero-order chi connectivity index (χ0) is 17.5. The number of β-amino-alcohol motifs (C(OH)–C–C–N with tert-alkyl or cyclic N) is 1. The van der Waals surface area contributed by atoms with E-state index in [0.717, 1.165) is 6.07 Å². The molecule has 0 saturated carbocycles. The van der Waals surface area contributed by atoms with Crippen LogP contribution in [0.15, 0.2) is 24.3 Å². The zero-order valence-corrected chi connectivity index (χ0v) is 12.7. The van der Waals surface area contributed by atoms with Crippen LogP contribution in [0, 0.1) is 6.92 Å². The Morgan fingerprint density at radius 2 is 2.04 bits per heavy atom. The molecule has 1 amide bonds. The molecule has 128 valence electrons. The van der Waals surface area contributed by atoms with Gasteiger partial charge in [0.2, 0.25) is 0 Å². The van der Waals surface area contributed by atoms with Gasteiger partial charge in [-0.05, 0) is 25.0 Å². The fourth-order valence-corrected chi connectivity index (χ4v) is 3.00. The third-order valence-corrected chi connectivity index (χ3v) is 4.09. The number of benzene rings is 1. The van der Waals surface area contributed by atoms with Crippen molar-refractivity contribution in [3.63, 3.8) is 0 Å². The molecule has 2 N–H and O–H groups in total. The number of likely N-dealkylation sites (tertiary alicyclic amines) is 1. The molecule has 1 aliphatic rings. The molecule has 0 radical (unpaired) electrons. The van der Waals surface area contributed by atoms with Crippen molar-refractivity contribution in [2.45, 2.75) is 31.7 Å². The Hall–Kier alpha value is -2.42. The summed E-state index contributed by atoms with van der Waals surface area (Å²) < 4.78 is 39.8. The minimum absolute atomic E-state index is 0.0314. The Morgan fingerprint density at radius 1 is 1.33 bits per heavy atom. The molecule has 9 heteroatoms. The van der Waals surface area contributed by atoms with Crippen molar-refractivity contribution in [2.24, 2.45) is 0 Å². The Bertz CT molecular complexity index is 759. The maximum atomic E-state index is 13.3. The van der Waals surface area contributed by atoms with Gasteiger partial charge in [0, 0.05) is 6.54 Å². The molecule has 1 aromatic carbocycles. The second-order valence-corrected chi connectivity index (χ2v) is 5.71. The molecule has 1 fully saturated rings. The third-order valence-electron chi connectivity index (χ3n) is 4.09. The van der Waals surface area contributed by atoms with Crippen LogP contribution in [-0.2, 0) is 6.18 Å². The quantitative estimate of drug-likeness (QED) is 0.877. The van der Waals surface area contributed by atoms with Crippen molar-refractivity contribution in [2.75, 3.05) is 6.54 Å². The molecule has 2 heterocycles. The first-order valence-electron chi connectivity index (χ1n) is 7.31. The van der Waals surface area contributed by atoms with Gasteiger partial charge in [0.05, 0.1) is 23.4 Å². The maximum absolute atomic E-state index is 13.3. The molecule has 1 aliphatic heterocycles. The zero-order valence-electron chi connectivity index (χ0n) is 12.7. The number of H-pyrrole nitrogens is 1. The highest BCUT2D eigenvalue weighted by molar-refractivity contribution is 5.93. The monoisotopic (exact) mass is 340 g/mol. The Labute approximate surface area is 135 Å². The van der Waals surface area contributed by atoms with Crippen LogP contribution in [0.4, 0.5) is 13.2 Å². The summed E-state index contributed by atoms with van der Waals surface area (Å²) >= 11 is 0. The minimum atomic E-state index is -4.54. The summed E-state index contributed by atoms with van der Waals surface area (Å²) in [6, 6.07) is 4.22. The van der Waals surface area contributed by atoms with E-state index in [1.165, 1.54) is 23.1 Å². The van der Waals surface area contributed by atoms with E-state index in [0.29, 0.717) is 5.69 Å². The van der Waals surface area contributed by atoms with Gasteiger partial charge in [-0.25, -0.2) is 0 Å². The summed E-state index contributed by atoms with van der Waals surface area (Å²) in [6.45, 7) is 1.52. The Kier molecular flexibility index (Phi) is 4.04. The van der Waals surface area contributed by atoms with Gasteiger partial charge in [-0.2, -0.15) is 28.6 Å². The van der Waals surface area contributed by atoms with Crippen molar-refractivity contribution >= 4 is 5.91 Å². The Morgan fingerprint density at radius 3 is 2.67 bits per heavy atom. The number of aliphatic hydroxyl groups excluding tert-OH is 1. The summed E-state index contributed by atoms with van der Waals surface area (Å²) in [7, 11) is 0. The van der Waals surface area contributed by atoms with Crippen LogP contribution >= 0.6 is 0 Å². The van der Waals surface area contributed by atoms with Gasteiger partial charge in [0.25, 0.3) is 5.91 Å². The molecule has 0 spiro atoms. The number of alkyl halides is 3. The number of carbonyl (C=O) groups is 1. The molecule has 0 bridgehead atoms. The number of rotatable bonds is 2. The molecule has 1 saturated heterocycles. The van der Waals surface area contributed by atoms with Crippen LogP contribution in [0.2, 0.25) is 0 Å². The number of hydrogen-bond donors (Lipinski definition) is 2. The van der Waals surface area contributed by atoms with E-state index in [2.05, 4.69) is 15.4 Å². The van der Waals surface area contributed by atoms with Crippen molar-refractivity contribution in [3.05, 3.63) is 46.8 Å². The molecule has 24 heavy (non-hydrogen) atoms. The van der Waals surface area contributed by atoms with Gasteiger partial charge in [-0.15, -0.1) is 0 Å². The number of hydrogen-bond acceptors (Lipinski definition) is 4. The highest BCUT2D eigenvalue weighted by Crippen LogP contribution is 2.40. The van der Waals surface area contributed by atoms with E-state index < -0.39 is 29.8 Å². The first-order chi connectivity index (χ1) is 11.3. The van der Waals surface area contributed by atoms with E-state index in [1.54, 1.807) is 6.92 Å². The summed E-state index contributed by atoms with van der Waals surface area (Å²) in [4.78, 5) is 13.9. The van der Waals surface area contributed by atoms with Gasteiger partial charge < -0.3 is 10.0 Å². The highest BCUT2D eigenvalue weighted by atomic mass is 19.4. The number of nitrogens with one attached hydrogen (secondary N) is 1. The molecule has 0 aliphatic carbocycles. The molecule has 2 aromatic rings. The minimum Gasteiger partial charge on any atom is -0.391 e. The number of aromatic nitrogens is 3. The van der Waals surface area contributed by atoms with Crippen LogP contribution in [0.5, 0.6) is 0 Å². The number of aliphatic hydroxyl groups is 1. The average molecular weight is 340 g/mol. The molecular weight excluding hydrogens is 325 g/mol. The van der Waals surface area contributed by atoms with Crippen LogP contribution < -0.4 is 0 Å². The molecule has 1 aromatic heterocycles. The molecule has 2 atom stereocenters. The lowest BCUT2D eigenvalue weighted by atomic mass is 9.97. The SMILES string of the molecule is Cc1n[nH]nc1C(=O)N1C[C@H](O)C[C@@H]1c1ccccc1C(F)(F)F. The van der Waals surface area contributed by atoms with Crippen LogP contribution in [0.3, 0.4) is 0 Å². The first kappa shape index (κ1) is 16.4. The smallest absolute Gasteiger partial charge is 0.391 e. The van der Waals surface area contributed by atoms with Crippen LogP contribution in [-0.4, -0.2) is 44.0 Å². The number of carbonyl (C=O) groups excluding carboxylic acids is 1. The fourth-order valence-electron chi connectivity index (χ4n) is 3.00. The number of nitrogens with zero attached hydrogens (tertiary/aromatic N) is 3. The van der Waals surface area contributed by atoms with E-state index in [9.17, 15) is 23.1 Å². The highest BCUT2D eigenvalue weighted by Gasteiger charge is 2.42. The lowest BCUT2D eigenvalue weighted by Crippen LogP contribution is -2.33. The molecule has 0 unspecified atom stereocenters. The standard InChI is InChI=1S/C15H15F3N4O2/c1-8-13(20-21-19-8)14(24)22-7-9(23)6-12(22)10-4-2-3-5-11(10)15(16,17)18/h2-5,9,12,23H,6-7H2,1H3,(H,19,20,21)/t9-,12-/m1/s1. The predicted molar refractivity (Wildman–Crippen MR) is 77.0 cm³/mol. The summed E-state index contributed by atoms with van der Waals surface area (Å²) in [5.41, 5.74) is -0.447. The van der Waals surface area contributed by atoms with Gasteiger partial charge >= 0.3 is 6.18 Å². The number of aromatic amines is 1. The number of aryl methyl sites for hydroxylation is 1. The number of halogens is 3. The van der Waals surface area contributed by atoms with E-state index in [1.807, 2.05) is 0 Å². The van der Waals surface area contributed by atoms with Crippen molar-refractivity contribution in [1.29, 1.82) is 0 Å². The van der Waals surface area contributed by atoms with Crippen LogP contribution in [0.25, 0.3) is 0 Å². The lowest BCUT2D eigenvalue weighted by molar-refractivity contribution is -0.138. The largest absolute Gasteiger partial charge is 0.416 e. The summed E-state index contributed by atoms with van der Waals surface area (Å²) in [6.07, 6.45) is -5.40. The topological polar surface area (TPSA) is 82.1 Å². The van der Waals surface area contributed by atoms with E-state index in [-0.39, 0.29) is 24.2 Å². The molecule has 3 rings (SSSR count). The molecule has 6 nitrogen and oxygen atoms in total. The number of amides is 1. The summed E-state index contributed by atoms with van der Waals surface area (Å²) in [5.74, 6) is -0.556. The van der Waals surface area contributed by atoms with E-state index in [4.69, 9.17) is 0 Å². The maximum Gasteiger partial charge on any atom is 0.416 e. The normalized spacial score (nSPS) is 21.3. The average Bonchev–Trinajstić information content (AvgIpc) is 3.11. The second-order valence-electron chi connectivity index (χ2n) is 5.71. The Balaban J connectivity index is 2.01.